The summed E-state index contributed by atoms with van der Waals surface area (Å²) in [4.78, 5) is 25.9. The first-order chi connectivity index (χ1) is 10.6. The quantitative estimate of drug-likeness (QED) is 0.847. The summed E-state index contributed by atoms with van der Waals surface area (Å²) in [7, 11) is 0. The highest BCUT2D eigenvalue weighted by molar-refractivity contribution is 5.95. The summed E-state index contributed by atoms with van der Waals surface area (Å²) in [5, 5.41) is 5.43. The topological polar surface area (TPSA) is 61.4 Å². The van der Waals surface area contributed by atoms with E-state index in [1.165, 1.54) is 0 Å². The Balaban J connectivity index is 2.58. The van der Waals surface area contributed by atoms with Crippen LogP contribution in [0.3, 0.4) is 0 Å². The van der Waals surface area contributed by atoms with E-state index >= 15 is 0 Å². The van der Waals surface area contributed by atoms with E-state index in [1.807, 2.05) is 45.0 Å². The van der Waals surface area contributed by atoms with Crippen molar-refractivity contribution in [3.8, 4) is 0 Å². The second-order valence-electron chi connectivity index (χ2n) is 6.91. The number of benzene rings is 1. The minimum atomic E-state index is -0.498. The molecule has 1 rings (SSSR count). The molecule has 0 aromatic heterocycles. The van der Waals surface area contributed by atoms with E-state index in [4.69, 9.17) is 0 Å². The van der Waals surface area contributed by atoms with Crippen LogP contribution in [0.1, 0.15) is 41.5 Å². The second kappa shape index (κ2) is 7.99. The van der Waals surface area contributed by atoms with Crippen LogP contribution in [-0.2, 0) is 9.59 Å². The fraction of sp³-hybridized carbons (Fsp3) is 0.556. The van der Waals surface area contributed by atoms with Gasteiger partial charge in [-0.05, 0) is 45.0 Å². The summed E-state index contributed by atoms with van der Waals surface area (Å²) in [6, 6.07) is 8.17. The normalized spacial score (nSPS) is 11.3. The molecule has 0 aliphatic rings. The van der Waals surface area contributed by atoms with Crippen LogP contribution in [-0.4, -0.2) is 30.9 Å². The van der Waals surface area contributed by atoms with Gasteiger partial charge >= 0.3 is 0 Å². The Labute approximate surface area is 139 Å². The van der Waals surface area contributed by atoms with Gasteiger partial charge < -0.3 is 15.5 Å². The van der Waals surface area contributed by atoms with E-state index in [-0.39, 0.29) is 18.4 Å². The molecule has 0 radical (unpaired) electrons. The lowest BCUT2D eigenvalue weighted by molar-refractivity contribution is -0.130. The van der Waals surface area contributed by atoms with Gasteiger partial charge in [0.25, 0.3) is 0 Å². The van der Waals surface area contributed by atoms with Crippen LogP contribution in [0.4, 0.5) is 11.4 Å². The van der Waals surface area contributed by atoms with E-state index in [0.29, 0.717) is 6.04 Å². The standard InChI is InChI=1S/C18H29N3O2/c1-7-21(13(2)3)15-10-8-14(9-11-15)20-16(22)12-19-17(23)18(4,5)6/h8-11,13H,7,12H2,1-6H3,(H,19,23)(H,20,22). The SMILES string of the molecule is CCN(c1ccc(NC(=O)CNC(=O)C(C)(C)C)cc1)C(C)C. The molecular formula is C18H29N3O2. The first kappa shape index (κ1) is 19.0. The molecule has 1 aromatic carbocycles. The first-order valence-corrected chi connectivity index (χ1v) is 8.10. The maximum Gasteiger partial charge on any atom is 0.243 e. The number of hydrogen-bond donors (Lipinski definition) is 2. The van der Waals surface area contributed by atoms with Crippen molar-refractivity contribution in [3.63, 3.8) is 0 Å². The second-order valence-corrected chi connectivity index (χ2v) is 6.91. The van der Waals surface area contributed by atoms with E-state index in [9.17, 15) is 9.59 Å². The van der Waals surface area contributed by atoms with E-state index < -0.39 is 5.41 Å². The number of amides is 2. The van der Waals surface area contributed by atoms with Crippen LogP contribution in [0.2, 0.25) is 0 Å². The van der Waals surface area contributed by atoms with Crippen molar-refractivity contribution >= 4 is 23.2 Å². The number of carbonyl (C=O) groups excluding carboxylic acids is 2. The van der Waals surface area contributed by atoms with Crippen molar-refractivity contribution in [1.29, 1.82) is 0 Å². The minimum absolute atomic E-state index is 0.0229. The maximum atomic E-state index is 11.9. The molecule has 23 heavy (non-hydrogen) atoms. The van der Waals surface area contributed by atoms with E-state index in [2.05, 4.69) is 36.3 Å². The summed E-state index contributed by atoms with van der Waals surface area (Å²) >= 11 is 0. The van der Waals surface area contributed by atoms with Crippen molar-refractivity contribution < 1.29 is 9.59 Å². The number of nitrogens with zero attached hydrogens (tertiary/aromatic N) is 1. The van der Waals surface area contributed by atoms with E-state index in [1.54, 1.807) is 0 Å². The molecule has 2 N–H and O–H groups in total. The summed E-state index contributed by atoms with van der Waals surface area (Å²) < 4.78 is 0. The van der Waals surface area contributed by atoms with Crippen molar-refractivity contribution in [2.45, 2.75) is 47.6 Å². The lowest BCUT2D eigenvalue weighted by Gasteiger charge is -2.27. The average molecular weight is 319 g/mol. The molecular weight excluding hydrogens is 290 g/mol. The summed E-state index contributed by atoms with van der Waals surface area (Å²) in [5.41, 5.74) is 1.35. The van der Waals surface area contributed by atoms with E-state index in [0.717, 1.165) is 17.9 Å². The third-order valence-corrected chi connectivity index (χ3v) is 3.54. The van der Waals surface area contributed by atoms with Gasteiger partial charge in [0.2, 0.25) is 11.8 Å². The Morgan fingerprint density at radius 2 is 1.70 bits per heavy atom. The molecule has 0 heterocycles. The van der Waals surface area contributed by atoms with Gasteiger partial charge in [-0.25, -0.2) is 0 Å². The lowest BCUT2D eigenvalue weighted by atomic mass is 9.96. The van der Waals surface area contributed by atoms with Crippen LogP contribution in [0, 0.1) is 5.41 Å². The molecule has 0 aliphatic heterocycles. The number of rotatable bonds is 6. The molecule has 5 heteroatoms. The molecule has 0 aliphatic carbocycles. The van der Waals surface area contributed by atoms with Crippen molar-refractivity contribution in [2.75, 3.05) is 23.3 Å². The van der Waals surface area contributed by atoms with Crippen LogP contribution in [0.15, 0.2) is 24.3 Å². The zero-order chi connectivity index (χ0) is 17.6. The van der Waals surface area contributed by atoms with Crippen molar-refractivity contribution in [3.05, 3.63) is 24.3 Å². The van der Waals surface area contributed by atoms with Crippen molar-refractivity contribution in [1.82, 2.24) is 5.32 Å². The van der Waals surface area contributed by atoms with Gasteiger partial charge in [0.15, 0.2) is 0 Å². The van der Waals surface area contributed by atoms with Gasteiger partial charge in [0.05, 0.1) is 6.54 Å². The summed E-state index contributed by atoms with van der Waals surface area (Å²) in [6.45, 7) is 12.8. The summed E-state index contributed by atoms with van der Waals surface area (Å²) in [5.74, 6) is -0.370. The molecule has 0 atom stereocenters. The summed E-state index contributed by atoms with van der Waals surface area (Å²) in [6.07, 6.45) is 0. The number of carbonyl (C=O) groups is 2. The molecule has 5 nitrogen and oxygen atoms in total. The number of hydrogen-bond acceptors (Lipinski definition) is 3. The average Bonchev–Trinajstić information content (AvgIpc) is 2.46. The third-order valence-electron chi connectivity index (χ3n) is 3.54. The third kappa shape index (κ3) is 5.93. The van der Waals surface area contributed by atoms with Crippen molar-refractivity contribution in [2.24, 2.45) is 5.41 Å². The highest BCUT2D eigenvalue weighted by Crippen LogP contribution is 2.19. The number of anilines is 2. The molecule has 128 valence electrons. The Morgan fingerprint density at radius 1 is 1.13 bits per heavy atom. The monoisotopic (exact) mass is 319 g/mol. The predicted molar refractivity (Wildman–Crippen MR) is 95.7 cm³/mol. The van der Waals surface area contributed by atoms with Gasteiger partial charge in [-0.1, -0.05) is 20.8 Å². The largest absolute Gasteiger partial charge is 0.369 e. The zero-order valence-electron chi connectivity index (χ0n) is 15.1. The fourth-order valence-electron chi connectivity index (χ4n) is 2.21. The Kier molecular flexibility index (Phi) is 6.61. The van der Waals surface area contributed by atoms with Gasteiger partial charge in [0, 0.05) is 29.4 Å². The smallest absolute Gasteiger partial charge is 0.243 e. The Morgan fingerprint density at radius 3 is 2.13 bits per heavy atom. The van der Waals surface area contributed by atoms with Gasteiger partial charge in [-0.15, -0.1) is 0 Å². The molecule has 0 spiro atoms. The molecule has 0 fully saturated rings. The van der Waals surface area contributed by atoms with Crippen LogP contribution in [0.5, 0.6) is 0 Å². The molecule has 1 aromatic rings. The van der Waals surface area contributed by atoms with Gasteiger partial charge in [0.1, 0.15) is 0 Å². The molecule has 0 saturated heterocycles. The van der Waals surface area contributed by atoms with Crippen LogP contribution in [0.25, 0.3) is 0 Å². The maximum absolute atomic E-state index is 11.9. The molecule has 2 amide bonds. The van der Waals surface area contributed by atoms with Gasteiger partial charge in [-0.2, -0.15) is 0 Å². The Bertz CT molecular complexity index is 530. The zero-order valence-corrected chi connectivity index (χ0v) is 15.1. The highest BCUT2D eigenvalue weighted by atomic mass is 16.2. The van der Waals surface area contributed by atoms with Crippen LogP contribution < -0.4 is 15.5 Å². The number of nitrogens with one attached hydrogen (secondary N) is 2. The minimum Gasteiger partial charge on any atom is -0.369 e. The highest BCUT2D eigenvalue weighted by Gasteiger charge is 2.21. The Hall–Kier alpha value is -2.04. The molecule has 0 unspecified atom stereocenters. The predicted octanol–water partition coefficient (Wildman–Crippen LogP) is 3.02. The fourth-order valence-corrected chi connectivity index (χ4v) is 2.21. The molecule has 0 saturated carbocycles. The first-order valence-electron chi connectivity index (χ1n) is 8.10. The van der Waals surface area contributed by atoms with Gasteiger partial charge in [-0.3, -0.25) is 9.59 Å². The van der Waals surface area contributed by atoms with Crippen LogP contribution >= 0.6 is 0 Å². The lowest BCUT2D eigenvalue weighted by Crippen LogP contribution is -2.39. The molecule has 0 bridgehead atoms.